The van der Waals surface area contributed by atoms with E-state index in [0.717, 1.165) is 51.5 Å². The van der Waals surface area contributed by atoms with Gasteiger partial charge in [-0.25, -0.2) is 9.97 Å². The molecule has 2 fully saturated rings. The fourth-order valence-corrected chi connectivity index (χ4v) is 3.28. The summed E-state index contributed by atoms with van der Waals surface area (Å²) in [4.78, 5) is 24.6. The molecule has 0 bridgehead atoms. The highest BCUT2D eigenvalue weighted by molar-refractivity contribution is 5.77. The number of amides is 1. The van der Waals surface area contributed by atoms with Gasteiger partial charge in [-0.05, 0) is 18.9 Å². The highest BCUT2D eigenvalue weighted by atomic mass is 16.5. The zero-order valence-corrected chi connectivity index (χ0v) is 12.7. The van der Waals surface area contributed by atoms with Crippen molar-refractivity contribution in [2.75, 3.05) is 44.3 Å². The molecule has 1 aromatic rings. The predicted molar refractivity (Wildman–Crippen MR) is 82.3 cm³/mol. The molecule has 2 aliphatic rings. The quantitative estimate of drug-likeness (QED) is 0.838. The second-order valence-corrected chi connectivity index (χ2v) is 5.95. The first-order chi connectivity index (χ1) is 10.7. The first kappa shape index (κ1) is 15.2. The number of nitrogens with two attached hydrogens (primary N) is 1. The Hall–Kier alpha value is -1.73. The van der Waals surface area contributed by atoms with Gasteiger partial charge in [0.15, 0.2) is 0 Å². The third-order valence-corrected chi connectivity index (χ3v) is 4.55. The zero-order chi connectivity index (χ0) is 15.4. The van der Waals surface area contributed by atoms with Crippen LogP contribution in [0.15, 0.2) is 18.6 Å². The molecule has 0 saturated carbocycles. The summed E-state index contributed by atoms with van der Waals surface area (Å²) in [6, 6.07) is 2.36. The molecule has 1 atom stereocenters. The fraction of sp³-hybridized carbons (Fsp3) is 0.667. The summed E-state index contributed by atoms with van der Waals surface area (Å²) in [6.45, 7) is 4.71. The van der Waals surface area contributed by atoms with Gasteiger partial charge in [-0.1, -0.05) is 0 Å². The van der Waals surface area contributed by atoms with Crippen LogP contribution in [-0.4, -0.2) is 66.2 Å². The Labute approximate surface area is 130 Å². The van der Waals surface area contributed by atoms with E-state index in [-0.39, 0.29) is 11.8 Å². The fourth-order valence-electron chi connectivity index (χ4n) is 3.28. The summed E-state index contributed by atoms with van der Waals surface area (Å²) in [5, 5.41) is 0. The molecule has 2 aliphatic heterocycles. The monoisotopic (exact) mass is 305 g/mol. The number of rotatable bonds is 3. The van der Waals surface area contributed by atoms with Crippen molar-refractivity contribution in [3.8, 4) is 0 Å². The highest BCUT2D eigenvalue weighted by Crippen LogP contribution is 2.21. The van der Waals surface area contributed by atoms with Crippen molar-refractivity contribution in [3.63, 3.8) is 0 Å². The highest BCUT2D eigenvalue weighted by Gasteiger charge is 2.31. The standard InChI is InChI=1S/C15H23N5O2/c16-15(21)12-9-19(13-2-7-22-8-3-13)5-6-20(10-12)14-1-4-17-11-18-14/h1,4,11-13H,2-3,5-10H2,(H2,16,21)/t12-/m0/s1. The maximum absolute atomic E-state index is 11.8. The number of primary amides is 1. The van der Waals surface area contributed by atoms with Crippen LogP contribution in [0.25, 0.3) is 0 Å². The zero-order valence-electron chi connectivity index (χ0n) is 12.7. The SMILES string of the molecule is NC(=O)[C@@H]1CN(c2ccncn2)CCN(C2CCOCC2)C1. The van der Waals surface area contributed by atoms with Gasteiger partial charge in [-0.3, -0.25) is 9.69 Å². The molecule has 0 aliphatic carbocycles. The lowest BCUT2D eigenvalue weighted by atomic mass is 10.0. The van der Waals surface area contributed by atoms with E-state index in [0.29, 0.717) is 12.6 Å². The van der Waals surface area contributed by atoms with E-state index in [2.05, 4.69) is 19.8 Å². The molecule has 2 saturated heterocycles. The Balaban J connectivity index is 1.74. The summed E-state index contributed by atoms with van der Waals surface area (Å²) in [6.07, 6.45) is 5.32. The molecule has 7 nitrogen and oxygen atoms in total. The van der Waals surface area contributed by atoms with Gasteiger partial charge in [0, 0.05) is 51.6 Å². The molecule has 0 unspecified atom stereocenters. The van der Waals surface area contributed by atoms with Gasteiger partial charge >= 0.3 is 0 Å². The normalized spacial score (nSPS) is 24.9. The van der Waals surface area contributed by atoms with Gasteiger partial charge in [0.25, 0.3) is 0 Å². The van der Waals surface area contributed by atoms with Crippen molar-refractivity contribution in [1.82, 2.24) is 14.9 Å². The van der Waals surface area contributed by atoms with Crippen LogP contribution in [0.4, 0.5) is 5.82 Å². The minimum Gasteiger partial charge on any atom is -0.381 e. The molecule has 3 heterocycles. The summed E-state index contributed by atoms with van der Waals surface area (Å²) < 4.78 is 5.44. The van der Waals surface area contributed by atoms with Crippen LogP contribution < -0.4 is 10.6 Å². The molecular weight excluding hydrogens is 282 g/mol. The van der Waals surface area contributed by atoms with Gasteiger partial charge in [-0.2, -0.15) is 0 Å². The maximum Gasteiger partial charge on any atom is 0.223 e. The van der Waals surface area contributed by atoms with Crippen molar-refractivity contribution in [2.24, 2.45) is 11.7 Å². The number of anilines is 1. The summed E-state index contributed by atoms with van der Waals surface area (Å²) in [7, 11) is 0. The van der Waals surface area contributed by atoms with Crippen molar-refractivity contribution < 1.29 is 9.53 Å². The van der Waals surface area contributed by atoms with E-state index < -0.39 is 0 Å². The minimum atomic E-state index is -0.238. The van der Waals surface area contributed by atoms with E-state index in [1.54, 1.807) is 6.20 Å². The third kappa shape index (κ3) is 3.53. The number of hydrogen-bond donors (Lipinski definition) is 1. The number of carbonyl (C=O) groups excluding carboxylic acids is 1. The molecule has 120 valence electrons. The minimum absolute atomic E-state index is 0.180. The van der Waals surface area contributed by atoms with Crippen molar-refractivity contribution in [3.05, 3.63) is 18.6 Å². The van der Waals surface area contributed by atoms with E-state index in [9.17, 15) is 4.79 Å². The molecule has 0 spiro atoms. The molecular formula is C15H23N5O2. The molecule has 7 heteroatoms. The Bertz CT molecular complexity index is 492. The van der Waals surface area contributed by atoms with Crippen LogP contribution in [0.2, 0.25) is 0 Å². The van der Waals surface area contributed by atoms with E-state index in [1.807, 2.05) is 6.07 Å². The molecule has 2 N–H and O–H groups in total. The lowest BCUT2D eigenvalue weighted by molar-refractivity contribution is -0.122. The summed E-state index contributed by atoms with van der Waals surface area (Å²) >= 11 is 0. The van der Waals surface area contributed by atoms with Crippen LogP contribution in [0, 0.1) is 5.92 Å². The Kier molecular flexibility index (Phi) is 4.84. The van der Waals surface area contributed by atoms with Crippen molar-refractivity contribution >= 4 is 11.7 Å². The maximum atomic E-state index is 11.8. The van der Waals surface area contributed by atoms with Gasteiger partial charge in [0.05, 0.1) is 5.92 Å². The number of hydrogen-bond acceptors (Lipinski definition) is 6. The van der Waals surface area contributed by atoms with E-state index in [1.165, 1.54) is 6.33 Å². The summed E-state index contributed by atoms with van der Waals surface area (Å²) in [5.74, 6) is 0.438. The first-order valence-corrected chi connectivity index (χ1v) is 7.86. The average molecular weight is 305 g/mol. The van der Waals surface area contributed by atoms with Gasteiger partial charge < -0.3 is 15.4 Å². The predicted octanol–water partition coefficient (Wildman–Crippen LogP) is -0.121. The second kappa shape index (κ2) is 7.02. The summed E-state index contributed by atoms with van der Waals surface area (Å²) in [5.41, 5.74) is 5.62. The number of nitrogens with zero attached hydrogens (tertiary/aromatic N) is 4. The molecule has 1 amide bonds. The Morgan fingerprint density at radius 2 is 2.09 bits per heavy atom. The number of ether oxygens (including phenoxy) is 1. The number of carbonyl (C=O) groups is 1. The molecule has 0 radical (unpaired) electrons. The van der Waals surface area contributed by atoms with Crippen LogP contribution in [-0.2, 0) is 9.53 Å². The van der Waals surface area contributed by atoms with Gasteiger partial charge in [0.2, 0.25) is 5.91 Å². The van der Waals surface area contributed by atoms with Crippen LogP contribution in [0.5, 0.6) is 0 Å². The molecule has 22 heavy (non-hydrogen) atoms. The Morgan fingerprint density at radius 3 is 2.77 bits per heavy atom. The van der Waals surface area contributed by atoms with Crippen LogP contribution >= 0.6 is 0 Å². The van der Waals surface area contributed by atoms with Gasteiger partial charge in [0.1, 0.15) is 12.1 Å². The average Bonchev–Trinajstić information content (AvgIpc) is 2.80. The van der Waals surface area contributed by atoms with E-state index >= 15 is 0 Å². The third-order valence-electron chi connectivity index (χ3n) is 4.55. The first-order valence-electron chi connectivity index (χ1n) is 7.86. The lowest BCUT2D eigenvalue weighted by Crippen LogP contribution is -2.44. The van der Waals surface area contributed by atoms with Crippen LogP contribution in [0.3, 0.4) is 0 Å². The van der Waals surface area contributed by atoms with E-state index in [4.69, 9.17) is 10.5 Å². The second-order valence-electron chi connectivity index (χ2n) is 5.95. The molecule has 0 aromatic carbocycles. The number of aromatic nitrogens is 2. The topological polar surface area (TPSA) is 84.6 Å². The van der Waals surface area contributed by atoms with Crippen molar-refractivity contribution in [2.45, 2.75) is 18.9 Å². The Morgan fingerprint density at radius 1 is 1.27 bits per heavy atom. The largest absolute Gasteiger partial charge is 0.381 e. The van der Waals surface area contributed by atoms with Crippen molar-refractivity contribution in [1.29, 1.82) is 0 Å². The smallest absolute Gasteiger partial charge is 0.223 e. The van der Waals surface area contributed by atoms with Crippen LogP contribution in [0.1, 0.15) is 12.8 Å². The van der Waals surface area contributed by atoms with Gasteiger partial charge in [-0.15, -0.1) is 0 Å². The lowest BCUT2D eigenvalue weighted by Gasteiger charge is -2.34. The molecule has 1 aromatic heterocycles. The molecule has 3 rings (SSSR count).